The van der Waals surface area contributed by atoms with Crippen LogP contribution >= 0.6 is 0 Å². The van der Waals surface area contributed by atoms with E-state index in [4.69, 9.17) is 0 Å². The number of unbranched alkanes of at least 4 members (excludes halogenated alkanes) is 16. The molecule has 5 heteroatoms. The number of hydrogen-bond acceptors (Lipinski definition) is 3. The van der Waals surface area contributed by atoms with Crippen LogP contribution in [0.3, 0.4) is 0 Å². The third-order valence-electron chi connectivity index (χ3n) is 7.75. The van der Waals surface area contributed by atoms with Crippen molar-refractivity contribution in [3.8, 4) is 0 Å². The third-order valence-corrected chi connectivity index (χ3v) is 7.75. The normalized spacial score (nSPS) is 12.6. The number of carbonyl (C=O) groups is 2. The van der Waals surface area contributed by atoms with E-state index >= 15 is 0 Å². The van der Waals surface area contributed by atoms with E-state index in [1.54, 1.807) is 0 Å². The monoisotopic (exact) mass is 566 g/mol. The zero-order valence-electron chi connectivity index (χ0n) is 27.9. The second kappa shape index (κ2) is 26.8. The van der Waals surface area contributed by atoms with Crippen molar-refractivity contribution in [2.45, 2.75) is 195 Å². The fraction of sp³-hybridized carbons (Fsp3) is 0.943. The summed E-state index contributed by atoms with van der Waals surface area (Å²) >= 11 is 0. The van der Waals surface area contributed by atoms with Crippen LogP contribution in [0.15, 0.2) is 0 Å². The Bertz CT molecular complexity index is 586. The van der Waals surface area contributed by atoms with Gasteiger partial charge in [-0.15, -0.1) is 0 Å². The standard InChI is InChI=1S/C35H71N3O2/c1-7-8-9-10-11-12-13-14-15-16-17-18-21-27-33(39)36-29-25-22-26-32(38-31(2)3)34(40)37-30-24-20-19-23-28-35(4,5)6/h31-32,38H,7-30H2,1-6H3,(H,36,39)(H,37,40). The molecule has 0 heterocycles. The smallest absolute Gasteiger partial charge is 0.237 e. The Morgan fingerprint density at radius 2 is 1.07 bits per heavy atom. The molecule has 0 saturated carbocycles. The average molecular weight is 566 g/mol. The van der Waals surface area contributed by atoms with Gasteiger partial charge in [0, 0.05) is 25.6 Å². The van der Waals surface area contributed by atoms with E-state index in [1.807, 2.05) is 0 Å². The molecule has 1 unspecified atom stereocenters. The maximum atomic E-state index is 12.7. The lowest BCUT2D eigenvalue weighted by Gasteiger charge is -2.21. The van der Waals surface area contributed by atoms with E-state index in [1.165, 1.54) is 103 Å². The van der Waals surface area contributed by atoms with Crippen LogP contribution in [0.5, 0.6) is 0 Å². The second-order valence-electron chi connectivity index (χ2n) is 13.7. The molecule has 0 aromatic carbocycles. The van der Waals surface area contributed by atoms with Crippen molar-refractivity contribution in [1.29, 1.82) is 0 Å². The lowest BCUT2D eigenvalue weighted by Crippen LogP contribution is -2.47. The van der Waals surface area contributed by atoms with E-state index in [2.05, 4.69) is 57.5 Å². The van der Waals surface area contributed by atoms with Gasteiger partial charge >= 0.3 is 0 Å². The molecule has 0 aliphatic carbocycles. The Balaban J connectivity index is 3.75. The molecule has 0 bridgehead atoms. The van der Waals surface area contributed by atoms with Gasteiger partial charge in [-0.3, -0.25) is 9.59 Å². The van der Waals surface area contributed by atoms with Crippen molar-refractivity contribution in [1.82, 2.24) is 16.0 Å². The van der Waals surface area contributed by atoms with Gasteiger partial charge in [0.15, 0.2) is 0 Å². The summed E-state index contributed by atoms with van der Waals surface area (Å²) in [4.78, 5) is 24.9. The van der Waals surface area contributed by atoms with Gasteiger partial charge in [0.2, 0.25) is 11.8 Å². The molecule has 0 fully saturated rings. The van der Waals surface area contributed by atoms with Crippen LogP contribution in [-0.4, -0.2) is 37.0 Å². The molecule has 238 valence electrons. The predicted octanol–water partition coefficient (Wildman–Crippen LogP) is 9.23. The molecule has 3 N–H and O–H groups in total. The Morgan fingerprint density at radius 1 is 0.600 bits per heavy atom. The van der Waals surface area contributed by atoms with Crippen LogP contribution in [0.4, 0.5) is 0 Å². The van der Waals surface area contributed by atoms with Crippen LogP contribution in [-0.2, 0) is 9.59 Å². The first-order chi connectivity index (χ1) is 19.2. The molecule has 0 rings (SSSR count). The van der Waals surface area contributed by atoms with Crippen molar-refractivity contribution in [3.05, 3.63) is 0 Å². The van der Waals surface area contributed by atoms with E-state index in [9.17, 15) is 9.59 Å². The predicted molar refractivity (Wildman–Crippen MR) is 175 cm³/mol. The fourth-order valence-corrected chi connectivity index (χ4v) is 5.25. The van der Waals surface area contributed by atoms with Gasteiger partial charge in [0.05, 0.1) is 6.04 Å². The Hall–Kier alpha value is -1.10. The van der Waals surface area contributed by atoms with Crippen LogP contribution in [0.25, 0.3) is 0 Å². The Kier molecular flexibility index (Phi) is 26.0. The maximum absolute atomic E-state index is 12.7. The average Bonchev–Trinajstić information content (AvgIpc) is 2.88. The van der Waals surface area contributed by atoms with Crippen LogP contribution < -0.4 is 16.0 Å². The van der Waals surface area contributed by atoms with Gasteiger partial charge in [-0.25, -0.2) is 0 Å². The third kappa shape index (κ3) is 28.4. The fourth-order valence-electron chi connectivity index (χ4n) is 5.25. The zero-order valence-corrected chi connectivity index (χ0v) is 27.9. The van der Waals surface area contributed by atoms with Gasteiger partial charge in [0.1, 0.15) is 0 Å². The topological polar surface area (TPSA) is 70.2 Å². The summed E-state index contributed by atoms with van der Waals surface area (Å²) < 4.78 is 0. The highest BCUT2D eigenvalue weighted by Crippen LogP contribution is 2.22. The van der Waals surface area contributed by atoms with Crippen molar-refractivity contribution < 1.29 is 9.59 Å². The molecule has 0 spiro atoms. The highest BCUT2D eigenvalue weighted by Gasteiger charge is 2.18. The van der Waals surface area contributed by atoms with Gasteiger partial charge in [-0.05, 0) is 43.9 Å². The molecule has 2 amide bonds. The van der Waals surface area contributed by atoms with Crippen LogP contribution in [0.1, 0.15) is 183 Å². The SMILES string of the molecule is CCCCCCCCCCCCCCCC(=O)NCCCCC(NC(C)C)C(=O)NCCCCCCC(C)(C)C. The number of rotatable bonds is 28. The summed E-state index contributed by atoms with van der Waals surface area (Å²) in [5.74, 6) is 0.301. The molecule has 1 atom stereocenters. The van der Waals surface area contributed by atoms with Crippen molar-refractivity contribution in [3.63, 3.8) is 0 Å². The van der Waals surface area contributed by atoms with Crippen molar-refractivity contribution in [2.75, 3.05) is 13.1 Å². The van der Waals surface area contributed by atoms with Crippen molar-refractivity contribution >= 4 is 11.8 Å². The first kappa shape index (κ1) is 38.9. The maximum Gasteiger partial charge on any atom is 0.237 e. The van der Waals surface area contributed by atoms with Gasteiger partial charge in [0.25, 0.3) is 0 Å². The quantitative estimate of drug-likeness (QED) is 0.0828. The summed E-state index contributed by atoms with van der Waals surface area (Å²) in [6.07, 6.45) is 26.6. The number of nitrogens with one attached hydrogen (secondary N) is 3. The first-order valence-corrected chi connectivity index (χ1v) is 17.5. The molecule has 0 aliphatic heterocycles. The summed E-state index contributed by atoms with van der Waals surface area (Å²) in [5, 5.41) is 9.64. The zero-order chi connectivity index (χ0) is 29.9. The highest BCUT2D eigenvalue weighted by atomic mass is 16.2. The first-order valence-electron chi connectivity index (χ1n) is 17.5. The lowest BCUT2D eigenvalue weighted by molar-refractivity contribution is -0.123. The molecule has 0 saturated heterocycles. The molecular weight excluding hydrogens is 494 g/mol. The Labute approximate surface area is 250 Å². The summed E-state index contributed by atoms with van der Waals surface area (Å²) in [5.41, 5.74) is 0.415. The molecule has 5 nitrogen and oxygen atoms in total. The van der Waals surface area contributed by atoms with E-state index < -0.39 is 0 Å². The van der Waals surface area contributed by atoms with E-state index in [0.717, 1.165) is 38.6 Å². The minimum Gasteiger partial charge on any atom is -0.356 e. The van der Waals surface area contributed by atoms with Crippen LogP contribution in [0.2, 0.25) is 0 Å². The second-order valence-corrected chi connectivity index (χ2v) is 13.7. The molecule has 0 aromatic rings. The van der Waals surface area contributed by atoms with Crippen LogP contribution in [0, 0.1) is 5.41 Å². The molecular formula is C35H71N3O2. The lowest BCUT2D eigenvalue weighted by atomic mass is 9.89. The highest BCUT2D eigenvalue weighted by molar-refractivity contribution is 5.81. The largest absolute Gasteiger partial charge is 0.356 e. The van der Waals surface area contributed by atoms with E-state index in [0.29, 0.717) is 18.4 Å². The molecule has 0 aromatic heterocycles. The molecule has 0 aliphatic rings. The van der Waals surface area contributed by atoms with Gasteiger partial charge in [-0.1, -0.05) is 138 Å². The van der Waals surface area contributed by atoms with Gasteiger partial charge < -0.3 is 16.0 Å². The summed E-state index contributed by atoms with van der Waals surface area (Å²) in [6, 6.07) is 0.121. The molecule has 40 heavy (non-hydrogen) atoms. The van der Waals surface area contributed by atoms with Crippen molar-refractivity contribution in [2.24, 2.45) is 5.41 Å². The Morgan fingerprint density at radius 3 is 1.62 bits per heavy atom. The minimum absolute atomic E-state index is 0.120. The minimum atomic E-state index is -0.151. The number of amides is 2. The van der Waals surface area contributed by atoms with Gasteiger partial charge in [-0.2, -0.15) is 0 Å². The number of hydrogen-bond donors (Lipinski definition) is 3. The molecule has 0 radical (unpaired) electrons. The summed E-state index contributed by atoms with van der Waals surface area (Å²) in [7, 11) is 0. The summed E-state index contributed by atoms with van der Waals surface area (Å²) in [6.45, 7) is 14.8. The number of carbonyl (C=O) groups excluding carboxylic acids is 2. The van der Waals surface area contributed by atoms with E-state index in [-0.39, 0.29) is 23.9 Å².